The summed E-state index contributed by atoms with van der Waals surface area (Å²) < 4.78 is 0. The molecule has 2 aliphatic heterocycles. The second kappa shape index (κ2) is 9.20. The Morgan fingerprint density at radius 1 is 1.18 bits per heavy atom. The number of hydrogen-bond donors (Lipinski definition) is 1. The summed E-state index contributed by atoms with van der Waals surface area (Å²) in [5.41, 5.74) is 0.401. The fourth-order valence-electron chi connectivity index (χ4n) is 4.19. The first kappa shape index (κ1) is 21.9. The van der Waals surface area contributed by atoms with Crippen LogP contribution in [0.1, 0.15) is 19.8 Å². The van der Waals surface area contributed by atoms with Crippen LogP contribution in [0.4, 0.5) is 16.2 Å². The summed E-state index contributed by atoms with van der Waals surface area (Å²) in [6.07, 6.45) is 0.987. The molecule has 9 nitrogen and oxygen atoms in total. The summed E-state index contributed by atoms with van der Waals surface area (Å²) >= 11 is 0. The highest BCUT2D eigenvalue weighted by Crippen LogP contribution is 2.33. The van der Waals surface area contributed by atoms with Crippen molar-refractivity contribution in [2.75, 3.05) is 37.6 Å². The SMILES string of the molecule is CC(=O)C1C(CN2CCCC2)N(c2ccccc2[N+](=O)[O-])CCN1C(=O)O.Cl. The van der Waals surface area contributed by atoms with Gasteiger partial charge in [0.1, 0.15) is 11.7 Å². The number of carboxylic acid groups (broad SMARTS) is 1. The number of piperazine rings is 1. The zero-order valence-electron chi connectivity index (χ0n) is 15.7. The number of carbonyl (C=O) groups excluding carboxylic acids is 1. The summed E-state index contributed by atoms with van der Waals surface area (Å²) in [6.45, 7) is 4.10. The van der Waals surface area contributed by atoms with Crippen LogP contribution in [0.3, 0.4) is 0 Å². The summed E-state index contributed by atoms with van der Waals surface area (Å²) in [7, 11) is 0. The Morgan fingerprint density at radius 3 is 2.39 bits per heavy atom. The number of Topliss-reactive ketones (excluding diaryl/α,β-unsaturated/α-hetero) is 1. The van der Waals surface area contributed by atoms with Crippen molar-refractivity contribution in [1.29, 1.82) is 0 Å². The molecule has 1 N–H and O–H groups in total. The summed E-state index contributed by atoms with van der Waals surface area (Å²) in [5.74, 6) is -0.245. The Kier molecular flexibility index (Phi) is 7.20. The second-order valence-corrected chi connectivity index (χ2v) is 7.05. The van der Waals surface area contributed by atoms with Gasteiger partial charge in [-0.1, -0.05) is 12.1 Å². The van der Waals surface area contributed by atoms with Crippen molar-refractivity contribution >= 4 is 35.7 Å². The van der Waals surface area contributed by atoms with Crippen LogP contribution in [0.5, 0.6) is 0 Å². The molecule has 0 bridgehead atoms. The number of amides is 1. The van der Waals surface area contributed by atoms with Gasteiger partial charge in [-0.2, -0.15) is 0 Å². The van der Waals surface area contributed by atoms with Crippen LogP contribution < -0.4 is 4.90 Å². The number of nitro groups is 1. The number of nitro benzene ring substituents is 1. The Morgan fingerprint density at radius 2 is 1.82 bits per heavy atom. The number of benzene rings is 1. The number of ketones is 1. The van der Waals surface area contributed by atoms with E-state index in [1.807, 2.05) is 4.90 Å². The van der Waals surface area contributed by atoms with Crippen LogP contribution in [-0.4, -0.2) is 76.5 Å². The molecule has 1 aromatic rings. The largest absolute Gasteiger partial charge is 0.465 e. The Labute approximate surface area is 169 Å². The van der Waals surface area contributed by atoms with Crippen molar-refractivity contribution < 1.29 is 19.6 Å². The lowest BCUT2D eigenvalue weighted by molar-refractivity contribution is -0.384. The minimum absolute atomic E-state index is 0. The average Bonchev–Trinajstić information content (AvgIpc) is 3.14. The fourth-order valence-corrected chi connectivity index (χ4v) is 4.19. The van der Waals surface area contributed by atoms with Gasteiger partial charge in [0.05, 0.1) is 11.0 Å². The van der Waals surface area contributed by atoms with E-state index in [1.165, 1.54) is 17.9 Å². The molecule has 0 aliphatic carbocycles. The first-order valence-electron chi connectivity index (χ1n) is 9.12. The molecule has 2 saturated heterocycles. The summed E-state index contributed by atoms with van der Waals surface area (Å²) in [6, 6.07) is 5.12. The third kappa shape index (κ3) is 4.36. The van der Waals surface area contributed by atoms with E-state index in [4.69, 9.17) is 0 Å². The first-order chi connectivity index (χ1) is 12.9. The van der Waals surface area contributed by atoms with Crippen molar-refractivity contribution in [3.8, 4) is 0 Å². The van der Waals surface area contributed by atoms with E-state index in [1.54, 1.807) is 18.2 Å². The highest BCUT2D eigenvalue weighted by atomic mass is 35.5. The quantitative estimate of drug-likeness (QED) is 0.583. The standard InChI is InChI=1S/C18H24N4O5.ClH/c1-13(23)17-16(12-19-8-4-5-9-19)20(10-11-21(17)18(24)25)14-6-2-3-7-15(14)22(26)27;/h2-3,6-7,16-17H,4-5,8-12H2,1H3,(H,24,25);1H. The molecule has 0 saturated carbocycles. The fraction of sp³-hybridized carbons (Fsp3) is 0.556. The van der Waals surface area contributed by atoms with E-state index in [9.17, 15) is 24.8 Å². The summed E-state index contributed by atoms with van der Waals surface area (Å²) in [5, 5.41) is 21.1. The van der Waals surface area contributed by atoms with Crippen LogP contribution >= 0.6 is 12.4 Å². The molecule has 2 fully saturated rings. The predicted octanol–water partition coefficient (Wildman–Crippen LogP) is 2.24. The molecule has 2 unspecified atom stereocenters. The zero-order chi connectivity index (χ0) is 19.6. The molecule has 2 aliphatic rings. The molecule has 154 valence electrons. The van der Waals surface area contributed by atoms with Crippen molar-refractivity contribution in [2.24, 2.45) is 0 Å². The number of halogens is 1. The van der Waals surface area contributed by atoms with Crippen molar-refractivity contribution in [1.82, 2.24) is 9.80 Å². The molecular weight excluding hydrogens is 388 g/mol. The number of anilines is 1. The van der Waals surface area contributed by atoms with Gasteiger partial charge in [-0.15, -0.1) is 12.4 Å². The van der Waals surface area contributed by atoms with Gasteiger partial charge in [-0.3, -0.25) is 19.8 Å². The van der Waals surface area contributed by atoms with Crippen LogP contribution in [0, 0.1) is 10.1 Å². The highest BCUT2D eigenvalue weighted by molar-refractivity contribution is 5.87. The molecule has 2 heterocycles. The number of hydrogen-bond acceptors (Lipinski definition) is 6. The first-order valence-corrected chi connectivity index (χ1v) is 9.12. The van der Waals surface area contributed by atoms with E-state index in [0.717, 1.165) is 25.9 Å². The van der Waals surface area contributed by atoms with Crippen LogP contribution in [-0.2, 0) is 4.79 Å². The van der Waals surface area contributed by atoms with Gasteiger partial charge in [0.2, 0.25) is 0 Å². The number of likely N-dealkylation sites (tertiary alicyclic amines) is 1. The average molecular weight is 413 g/mol. The Balaban J connectivity index is 0.00000280. The third-order valence-electron chi connectivity index (χ3n) is 5.38. The van der Waals surface area contributed by atoms with E-state index in [2.05, 4.69) is 4.90 Å². The molecule has 0 aromatic heterocycles. The third-order valence-corrected chi connectivity index (χ3v) is 5.38. The van der Waals surface area contributed by atoms with Crippen molar-refractivity contribution in [3.05, 3.63) is 34.4 Å². The van der Waals surface area contributed by atoms with Gasteiger partial charge >= 0.3 is 6.09 Å². The highest BCUT2D eigenvalue weighted by Gasteiger charge is 2.44. The van der Waals surface area contributed by atoms with E-state index in [0.29, 0.717) is 18.8 Å². The predicted molar refractivity (Wildman–Crippen MR) is 106 cm³/mol. The molecule has 2 atom stereocenters. The van der Waals surface area contributed by atoms with Gasteiger partial charge in [-0.05, 0) is 38.9 Å². The lowest BCUT2D eigenvalue weighted by atomic mass is 9.96. The van der Waals surface area contributed by atoms with Gasteiger partial charge in [-0.25, -0.2) is 4.79 Å². The molecule has 10 heteroatoms. The normalized spacial score (nSPS) is 22.6. The van der Waals surface area contributed by atoms with Crippen LogP contribution in [0.2, 0.25) is 0 Å². The van der Waals surface area contributed by atoms with Gasteiger partial charge < -0.3 is 14.9 Å². The molecule has 0 spiro atoms. The van der Waals surface area contributed by atoms with Crippen LogP contribution in [0.25, 0.3) is 0 Å². The lowest BCUT2D eigenvalue weighted by Crippen LogP contribution is -2.66. The summed E-state index contributed by atoms with van der Waals surface area (Å²) in [4.78, 5) is 40.4. The maximum Gasteiger partial charge on any atom is 0.408 e. The van der Waals surface area contributed by atoms with E-state index >= 15 is 0 Å². The molecule has 1 amide bonds. The zero-order valence-corrected chi connectivity index (χ0v) is 16.5. The molecule has 1 aromatic carbocycles. The maximum atomic E-state index is 12.4. The van der Waals surface area contributed by atoms with Crippen molar-refractivity contribution in [2.45, 2.75) is 31.8 Å². The Bertz CT molecular complexity index is 740. The Hall–Kier alpha value is -2.39. The van der Waals surface area contributed by atoms with Gasteiger partial charge in [0.25, 0.3) is 5.69 Å². The number of nitrogens with zero attached hydrogens (tertiary/aromatic N) is 4. The number of para-hydroxylation sites is 2. The molecule has 28 heavy (non-hydrogen) atoms. The number of rotatable bonds is 5. The number of carbonyl (C=O) groups is 2. The van der Waals surface area contributed by atoms with Gasteiger partial charge in [0.15, 0.2) is 5.78 Å². The molecule has 3 rings (SSSR count). The maximum absolute atomic E-state index is 12.4. The van der Waals surface area contributed by atoms with E-state index < -0.39 is 23.1 Å². The smallest absolute Gasteiger partial charge is 0.408 e. The monoisotopic (exact) mass is 412 g/mol. The molecular formula is C18H25ClN4O5. The van der Waals surface area contributed by atoms with Crippen LogP contribution in [0.15, 0.2) is 24.3 Å². The van der Waals surface area contributed by atoms with Gasteiger partial charge in [0, 0.05) is 25.7 Å². The van der Waals surface area contributed by atoms with Crippen molar-refractivity contribution in [3.63, 3.8) is 0 Å². The second-order valence-electron chi connectivity index (χ2n) is 7.05. The minimum Gasteiger partial charge on any atom is -0.465 e. The molecule has 0 radical (unpaired) electrons. The topological polar surface area (TPSA) is 107 Å². The minimum atomic E-state index is -1.14. The van der Waals surface area contributed by atoms with E-state index in [-0.39, 0.29) is 30.4 Å². The lowest BCUT2D eigenvalue weighted by Gasteiger charge is -2.47.